The first kappa shape index (κ1) is 16.0. The number of carbonyl (C=O) groups is 1. The number of fused-ring (bicyclic) bond motifs is 2. The lowest BCUT2D eigenvalue weighted by Crippen LogP contribution is -2.11. The predicted molar refractivity (Wildman–Crippen MR) is 104 cm³/mol. The van der Waals surface area contributed by atoms with E-state index in [1.54, 1.807) is 6.07 Å². The van der Waals surface area contributed by atoms with Gasteiger partial charge in [0.15, 0.2) is 5.13 Å². The van der Waals surface area contributed by atoms with Crippen LogP contribution in [0, 0.1) is 13.8 Å². The molecule has 4 rings (SSSR count). The van der Waals surface area contributed by atoms with Crippen molar-refractivity contribution in [3.05, 3.63) is 64.3 Å². The van der Waals surface area contributed by atoms with E-state index in [0.29, 0.717) is 15.7 Å². The largest absolute Gasteiger partial charge is 0.298 e. The molecule has 1 N–H and O–H groups in total. The van der Waals surface area contributed by atoms with E-state index in [1.807, 2.05) is 50.2 Å². The van der Waals surface area contributed by atoms with Crippen molar-refractivity contribution in [1.82, 2.24) is 9.97 Å². The molecule has 0 saturated heterocycles. The standard InChI is InChI=1S/C19H14ClN3OS/c1-10-3-4-12-9-13(5-7-15(12)21-10)18(24)23-19-22-17-11(2)14(20)6-8-16(17)25-19/h3-9H,1-2H3,(H,22,23,24). The zero-order valence-corrected chi connectivity index (χ0v) is 15.2. The molecule has 0 spiro atoms. The molecule has 0 aliphatic heterocycles. The van der Waals surface area contributed by atoms with Gasteiger partial charge in [-0.15, -0.1) is 0 Å². The number of benzene rings is 2. The molecule has 2 aromatic carbocycles. The summed E-state index contributed by atoms with van der Waals surface area (Å²) in [6, 6.07) is 13.1. The van der Waals surface area contributed by atoms with Crippen LogP contribution in [0.5, 0.6) is 0 Å². The van der Waals surface area contributed by atoms with E-state index in [4.69, 9.17) is 11.6 Å². The van der Waals surface area contributed by atoms with Gasteiger partial charge in [-0.25, -0.2) is 4.98 Å². The SMILES string of the molecule is Cc1ccc2cc(C(=O)Nc3nc4c(C)c(Cl)ccc4s3)ccc2n1. The Morgan fingerprint density at radius 3 is 2.76 bits per heavy atom. The Balaban J connectivity index is 1.65. The summed E-state index contributed by atoms with van der Waals surface area (Å²) in [5, 5.41) is 5.05. The average molecular weight is 368 g/mol. The molecule has 0 aliphatic carbocycles. The second kappa shape index (κ2) is 6.10. The molecule has 2 heterocycles. The molecule has 0 atom stereocenters. The normalized spacial score (nSPS) is 11.2. The highest BCUT2D eigenvalue weighted by atomic mass is 35.5. The van der Waals surface area contributed by atoms with E-state index in [9.17, 15) is 4.79 Å². The molecule has 0 bridgehead atoms. The highest BCUT2D eigenvalue weighted by molar-refractivity contribution is 7.22. The maximum atomic E-state index is 12.6. The van der Waals surface area contributed by atoms with Gasteiger partial charge in [0.25, 0.3) is 5.91 Å². The molecule has 4 nitrogen and oxygen atoms in total. The first-order chi connectivity index (χ1) is 12.0. The van der Waals surface area contributed by atoms with Gasteiger partial charge in [0.2, 0.25) is 0 Å². The Bertz CT molecular complexity index is 1140. The van der Waals surface area contributed by atoms with Gasteiger partial charge >= 0.3 is 0 Å². The van der Waals surface area contributed by atoms with Crippen molar-refractivity contribution < 1.29 is 4.79 Å². The fourth-order valence-electron chi connectivity index (χ4n) is 2.69. The summed E-state index contributed by atoms with van der Waals surface area (Å²) in [6.07, 6.45) is 0. The summed E-state index contributed by atoms with van der Waals surface area (Å²) in [4.78, 5) is 21.5. The van der Waals surface area contributed by atoms with Crippen LogP contribution in [-0.4, -0.2) is 15.9 Å². The molecule has 1 amide bonds. The summed E-state index contributed by atoms with van der Waals surface area (Å²) in [5.41, 5.74) is 4.15. The summed E-state index contributed by atoms with van der Waals surface area (Å²) >= 11 is 7.57. The topological polar surface area (TPSA) is 54.9 Å². The van der Waals surface area contributed by atoms with E-state index < -0.39 is 0 Å². The number of nitrogens with zero attached hydrogens (tertiary/aromatic N) is 2. The Labute approximate surface area is 153 Å². The molecule has 2 aromatic heterocycles. The Morgan fingerprint density at radius 1 is 1.08 bits per heavy atom. The minimum Gasteiger partial charge on any atom is -0.298 e. The molecular formula is C19H14ClN3OS. The molecule has 0 saturated carbocycles. The van der Waals surface area contributed by atoms with E-state index in [0.717, 1.165) is 32.4 Å². The van der Waals surface area contributed by atoms with Crippen LogP contribution in [-0.2, 0) is 0 Å². The molecule has 124 valence electrons. The summed E-state index contributed by atoms with van der Waals surface area (Å²) in [7, 11) is 0. The van der Waals surface area contributed by atoms with Crippen molar-refractivity contribution in [2.75, 3.05) is 5.32 Å². The van der Waals surface area contributed by atoms with Crippen LogP contribution in [0.3, 0.4) is 0 Å². The summed E-state index contributed by atoms with van der Waals surface area (Å²) in [5.74, 6) is -0.190. The van der Waals surface area contributed by atoms with Crippen LogP contribution in [0.4, 0.5) is 5.13 Å². The number of pyridine rings is 1. The van der Waals surface area contributed by atoms with Crippen molar-refractivity contribution in [3.63, 3.8) is 0 Å². The highest BCUT2D eigenvalue weighted by Gasteiger charge is 2.13. The minimum atomic E-state index is -0.190. The number of nitrogens with one attached hydrogen (secondary N) is 1. The number of thiazole rings is 1. The number of hydrogen-bond donors (Lipinski definition) is 1. The molecule has 4 aromatic rings. The molecule has 25 heavy (non-hydrogen) atoms. The van der Waals surface area contributed by atoms with Crippen molar-refractivity contribution in [2.45, 2.75) is 13.8 Å². The molecule has 0 unspecified atom stereocenters. The molecule has 0 fully saturated rings. The quantitative estimate of drug-likeness (QED) is 0.518. The molecule has 0 aliphatic rings. The van der Waals surface area contributed by atoms with Crippen molar-refractivity contribution in [1.29, 1.82) is 0 Å². The Hall–Kier alpha value is -2.50. The van der Waals surface area contributed by atoms with Crippen molar-refractivity contribution in [3.8, 4) is 0 Å². The maximum Gasteiger partial charge on any atom is 0.257 e. The third-order valence-electron chi connectivity index (χ3n) is 4.06. The van der Waals surface area contributed by atoms with Crippen LogP contribution in [0.15, 0.2) is 42.5 Å². The van der Waals surface area contributed by atoms with Gasteiger partial charge < -0.3 is 0 Å². The van der Waals surface area contributed by atoms with Gasteiger partial charge in [0.05, 0.1) is 15.7 Å². The number of rotatable bonds is 2. The number of anilines is 1. The number of hydrogen-bond acceptors (Lipinski definition) is 4. The minimum absolute atomic E-state index is 0.190. The van der Waals surface area contributed by atoms with Crippen LogP contribution in [0.2, 0.25) is 5.02 Å². The molecule has 6 heteroatoms. The number of aryl methyl sites for hydroxylation is 2. The van der Waals surface area contributed by atoms with Crippen LogP contribution in [0.25, 0.3) is 21.1 Å². The van der Waals surface area contributed by atoms with Gasteiger partial charge in [-0.1, -0.05) is 29.0 Å². The van der Waals surface area contributed by atoms with Gasteiger partial charge in [0.1, 0.15) is 0 Å². The second-order valence-electron chi connectivity index (χ2n) is 5.85. The van der Waals surface area contributed by atoms with Gasteiger partial charge in [-0.3, -0.25) is 15.1 Å². The third kappa shape index (κ3) is 2.97. The Kier molecular flexibility index (Phi) is 3.90. The zero-order chi connectivity index (χ0) is 17.6. The van der Waals surface area contributed by atoms with Crippen molar-refractivity contribution in [2.24, 2.45) is 0 Å². The fraction of sp³-hybridized carbons (Fsp3) is 0.105. The van der Waals surface area contributed by atoms with Gasteiger partial charge in [-0.05, 0) is 55.8 Å². The number of aromatic nitrogens is 2. The fourth-order valence-corrected chi connectivity index (χ4v) is 3.76. The van der Waals surface area contributed by atoms with Crippen LogP contribution >= 0.6 is 22.9 Å². The first-order valence-corrected chi connectivity index (χ1v) is 8.95. The first-order valence-electron chi connectivity index (χ1n) is 7.76. The number of halogens is 1. The van der Waals surface area contributed by atoms with E-state index in [-0.39, 0.29) is 5.91 Å². The smallest absolute Gasteiger partial charge is 0.257 e. The third-order valence-corrected chi connectivity index (χ3v) is 5.40. The van der Waals surface area contributed by atoms with E-state index in [1.165, 1.54) is 11.3 Å². The molecule has 0 radical (unpaired) electrons. The lowest BCUT2D eigenvalue weighted by Gasteiger charge is -2.04. The predicted octanol–water partition coefficient (Wildman–Crippen LogP) is 5.37. The van der Waals surface area contributed by atoms with Crippen LogP contribution in [0.1, 0.15) is 21.6 Å². The van der Waals surface area contributed by atoms with E-state index >= 15 is 0 Å². The zero-order valence-electron chi connectivity index (χ0n) is 13.6. The lowest BCUT2D eigenvalue weighted by molar-refractivity contribution is 0.102. The van der Waals surface area contributed by atoms with Crippen LogP contribution < -0.4 is 5.32 Å². The van der Waals surface area contributed by atoms with Gasteiger partial charge in [0, 0.05) is 21.7 Å². The average Bonchev–Trinajstić information content (AvgIpc) is 3.01. The number of carbonyl (C=O) groups excluding carboxylic acids is 1. The molecular weight excluding hydrogens is 354 g/mol. The monoisotopic (exact) mass is 367 g/mol. The van der Waals surface area contributed by atoms with Gasteiger partial charge in [-0.2, -0.15) is 0 Å². The summed E-state index contributed by atoms with van der Waals surface area (Å²) in [6.45, 7) is 3.87. The summed E-state index contributed by atoms with van der Waals surface area (Å²) < 4.78 is 0.996. The second-order valence-corrected chi connectivity index (χ2v) is 7.29. The number of amides is 1. The van der Waals surface area contributed by atoms with E-state index in [2.05, 4.69) is 15.3 Å². The van der Waals surface area contributed by atoms with Crippen molar-refractivity contribution >= 4 is 55.1 Å². The maximum absolute atomic E-state index is 12.6. The Morgan fingerprint density at radius 2 is 1.92 bits per heavy atom. The lowest BCUT2D eigenvalue weighted by atomic mass is 10.1. The highest BCUT2D eigenvalue weighted by Crippen LogP contribution is 2.31.